The lowest BCUT2D eigenvalue weighted by molar-refractivity contribution is -0.118. The van der Waals surface area contributed by atoms with E-state index in [9.17, 15) is 9.59 Å². The Kier molecular flexibility index (Phi) is 3.95. The summed E-state index contributed by atoms with van der Waals surface area (Å²) in [7, 11) is 1.12. The molecular weight excluding hydrogens is 312 g/mol. The summed E-state index contributed by atoms with van der Waals surface area (Å²) in [5.74, 6) is -0.284. The number of fused-ring (bicyclic) bond motifs is 1. The molecule has 0 radical (unpaired) electrons. The lowest BCUT2D eigenvalue weighted by Gasteiger charge is -2.10. The van der Waals surface area contributed by atoms with E-state index in [1.165, 1.54) is 6.07 Å². The van der Waals surface area contributed by atoms with Crippen LogP contribution in [0.4, 0.5) is 0 Å². The number of Topliss-reactive ketones (excluding diaryl/α,β-unsaturated/α-hetero) is 2. The summed E-state index contributed by atoms with van der Waals surface area (Å²) in [5.41, 5.74) is 0.321. The molecule has 0 spiro atoms. The molecule has 1 unspecified atom stereocenters. The first-order valence-corrected chi connectivity index (χ1v) is 7.70. The van der Waals surface area contributed by atoms with E-state index in [-0.39, 0.29) is 16.4 Å². The fourth-order valence-electron chi connectivity index (χ4n) is 2.13. The minimum absolute atomic E-state index is 0.139. The van der Waals surface area contributed by atoms with Gasteiger partial charge in [0.1, 0.15) is 15.7 Å². The predicted octanol–water partition coefficient (Wildman–Crippen LogP) is 1.06. The fraction of sp³-hybridized carbons (Fsp3) is 0.286. The molecule has 3 rings (SSSR count). The smallest absolute Gasteiger partial charge is 0.216 e. The molecule has 1 fully saturated rings. The average Bonchev–Trinajstić information content (AvgIpc) is 2.95. The van der Waals surface area contributed by atoms with Crippen LogP contribution in [0.3, 0.4) is 0 Å². The highest BCUT2D eigenvalue weighted by molar-refractivity contribution is 8.00. The number of ether oxygens (including phenoxy) is 1. The van der Waals surface area contributed by atoms with Gasteiger partial charge in [-0.1, -0.05) is 11.6 Å². The highest BCUT2D eigenvalue weighted by atomic mass is 35.5. The van der Waals surface area contributed by atoms with Crippen molar-refractivity contribution in [1.82, 2.24) is 10.6 Å². The van der Waals surface area contributed by atoms with E-state index >= 15 is 0 Å². The Bertz CT molecular complexity index is 702. The monoisotopic (exact) mass is 324 g/mol. The van der Waals surface area contributed by atoms with E-state index in [0.717, 1.165) is 24.0 Å². The van der Waals surface area contributed by atoms with Crippen molar-refractivity contribution in [3.05, 3.63) is 28.8 Å². The summed E-state index contributed by atoms with van der Waals surface area (Å²) in [6, 6.07) is 4.79. The number of benzene rings is 1. The van der Waals surface area contributed by atoms with Crippen LogP contribution in [0, 0.1) is 0 Å². The maximum absolute atomic E-state index is 12.6. The third-order valence-electron chi connectivity index (χ3n) is 3.19. The van der Waals surface area contributed by atoms with Crippen molar-refractivity contribution in [2.45, 2.75) is 13.0 Å². The van der Waals surface area contributed by atoms with Crippen LogP contribution >= 0.6 is 22.5 Å². The van der Waals surface area contributed by atoms with Crippen molar-refractivity contribution >= 4 is 44.1 Å². The Morgan fingerprint density at radius 1 is 1.29 bits per heavy atom. The van der Waals surface area contributed by atoms with Gasteiger partial charge in [0.15, 0.2) is 6.10 Å². The molecule has 2 N–H and O–H groups in total. The van der Waals surface area contributed by atoms with Crippen molar-refractivity contribution in [3.63, 3.8) is 0 Å². The Morgan fingerprint density at radius 2 is 2.00 bits per heavy atom. The van der Waals surface area contributed by atoms with Crippen molar-refractivity contribution < 1.29 is 14.3 Å². The van der Waals surface area contributed by atoms with Crippen LogP contribution in [-0.4, -0.2) is 40.7 Å². The topological polar surface area (TPSA) is 67.4 Å². The van der Waals surface area contributed by atoms with Gasteiger partial charge >= 0.3 is 0 Å². The third kappa shape index (κ3) is 2.80. The quantitative estimate of drug-likeness (QED) is 0.699. The third-order valence-corrected chi connectivity index (χ3v) is 4.51. The average molecular weight is 325 g/mol. The van der Waals surface area contributed by atoms with E-state index in [1.54, 1.807) is 19.1 Å². The lowest BCUT2D eigenvalue weighted by atomic mass is 10.0. The number of hydrogen-bond donors (Lipinski definition) is 2. The van der Waals surface area contributed by atoms with Gasteiger partial charge in [-0.25, -0.2) is 0 Å². The second-order valence-corrected chi connectivity index (χ2v) is 6.16. The van der Waals surface area contributed by atoms with Crippen molar-refractivity contribution in [3.8, 4) is 5.75 Å². The van der Waals surface area contributed by atoms with Crippen LogP contribution in [0.5, 0.6) is 5.75 Å². The molecule has 0 aromatic heterocycles. The fourth-order valence-corrected chi connectivity index (χ4v) is 3.32. The highest BCUT2D eigenvalue weighted by Gasteiger charge is 2.32. The lowest BCUT2D eigenvalue weighted by Crippen LogP contribution is -2.32. The second kappa shape index (κ2) is 5.73. The number of rotatable bonds is 0. The second-order valence-electron chi connectivity index (χ2n) is 4.71. The molecule has 0 saturated carbocycles. The summed E-state index contributed by atoms with van der Waals surface area (Å²) in [5, 5.41) is 7.33. The SMILES string of the molecule is CC1Oc2ccc(Cl)cc2C(=O)C(=S=C2NCCN2)C1=O. The summed E-state index contributed by atoms with van der Waals surface area (Å²) in [6.07, 6.45) is -0.708. The zero-order chi connectivity index (χ0) is 15.0. The van der Waals surface area contributed by atoms with Crippen LogP contribution in [-0.2, 0) is 4.79 Å². The molecule has 7 heteroatoms. The van der Waals surface area contributed by atoms with Gasteiger partial charge < -0.3 is 4.74 Å². The summed E-state index contributed by atoms with van der Waals surface area (Å²) in [6.45, 7) is 3.18. The Hall–Kier alpha value is -1.47. The summed E-state index contributed by atoms with van der Waals surface area (Å²) < 4.78 is 5.58. The van der Waals surface area contributed by atoms with E-state index in [0.29, 0.717) is 21.4 Å². The molecule has 0 amide bonds. The number of hydrogen-bond acceptors (Lipinski definition) is 3. The molecule has 2 heterocycles. The minimum atomic E-state index is -0.708. The molecule has 1 saturated heterocycles. The molecule has 0 bridgehead atoms. The molecule has 0 aliphatic carbocycles. The number of carbonyl (C=O) groups is 2. The molecule has 1 aromatic carbocycles. The summed E-state index contributed by atoms with van der Waals surface area (Å²) >= 11 is 5.95. The van der Waals surface area contributed by atoms with Crippen LogP contribution in [0.15, 0.2) is 18.2 Å². The van der Waals surface area contributed by atoms with Gasteiger partial charge in [0.2, 0.25) is 11.6 Å². The van der Waals surface area contributed by atoms with E-state index < -0.39 is 6.10 Å². The zero-order valence-corrected chi connectivity index (χ0v) is 12.8. The molecule has 5 nitrogen and oxygen atoms in total. The van der Waals surface area contributed by atoms with Gasteiger partial charge in [0.25, 0.3) is 0 Å². The van der Waals surface area contributed by atoms with Gasteiger partial charge in [-0.2, -0.15) is 0 Å². The van der Waals surface area contributed by atoms with Crippen LogP contribution in [0.2, 0.25) is 5.02 Å². The van der Waals surface area contributed by atoms with Crippen molar-refractivity contribution in [2.75, 3.05) is 13.1 Å². The zero-order valence-electron chi connectivity index (χ0n) is 11.2. The normalized spacial score (nSPS) is 21.9. The largest absolute Gasteiger partial charge is 0.482 e. The van der Waals surface area contributed by atoms with Gasteiger partial charge in [0.05, 0.1) is 5.56 Å². The first-order chi connectivity index (χ1) is 10.1. The number of carbonyl (C=O) groups excluding carboxylic acids is 2. The molecule has 21 heavy (non-hydrogen) atoms. The van der Waals surface area contributed by atoms with Crippen molar-refractivity contribution in [2.24, 2.45) is 0 Å². The Labute approximate surface area is 130 Å². The first kappa shape index (κ1) is 14.5. The maximum atomic E-state index is 12.6. The van der Waals surface area contributed by atoms with Crippen molar-refractivity contribution in [1.29, 1.82) is 0 Å². The summed E-state index contributed by atoms with van der Waals surface area (Å²) in [4.78, 5) is 25.2. The van der Waals surface area contributed by atoms with E-state index in [2.05, 4.69) is 10.6 Å². The molecule has 1 atom stereocenters. The minimum Gasteiger partial charge on any atom is -0.482 e. The molecule has 110 valence electrons. The number of halogens is 1. The first-order valence-electron chi connectivity index (χ1n) is 6.51. The van der Waals surface area contributed by atoms with E-state index in [1.807, 2.05) is 0 Å². The molecule has 2 aliphatic rings. The Morgan fingerprint density at radius 3 is 2.71 bits per heavy atom. The molecule has 2 aliphatic heterocycles. The van der Waals surface area contributed by atoms with Crippen LogP contribution < -0.4 is 15.4 Å². The van der Waals surface area contributed by atoms with Gasteiger partial charge in [-0.05, 0) is 25.1 Å². The van der Waals surface area contributed by atoms with Crippen LogP contribution in [0.1, 0.15) is 17.3 Å². The predicted molar refractivity (Wildman–Crippen MR) is 84.5 cm³/mol. The van der Waals surface area contributed by atoms with Gasteiger partial charge in [-0.15, -0.1) is 10.9 Å². The van der Waals surface area contributed by atoms with E-state index in [4.69, 9.17) is 16.3 Å². The molecular formula is C14H13ClN2O3S. The Balaban J connectivity index is 2.18. The maximum Gasteiger partial charge on any atom is 0.216 e. The number of ketones is 2. The van der Waals surface area contributed by atoms with Gasteiger partial charge in [-0.3, -0.25) is 20.2 Å². The standard InChI is InChI=1S/C14H13ClN2O3S/c1-7-11(18)13(21-14-16-4-5-17-14)12(19)9-6-8(15)2-3-10(9)20-7/h2-3,6-7,16-17H,4-5H2,1H3. The molecule has 1 aromatic rings. The number of nitrogens with one attached hydrogen (secondary N) is 2. The van der Waals surface area contributed by atoms with Crippen LogP contribution in [0.25, 0.3) is 0 Å². The van der Waals surface area contributed by atoms with Gasteiger partial charge in [0, 0.05) is 18.1 Å². The highest BCUT2D eigenvalue weighted by Crippen LogP contribution is 2.27.